The van der Waals surface area contributed by atoms with E-state index in [1.165, 1.54) is 4.88 Å². The molecule has 2 aromatic rings. The average molecular weight is 432 g/mol. The van der Waals surface area contributed by atoms with Gasteiger partial charge in [-0.2, -0.15) is 0 Å². The second-order valence-electron chi connectivity index (χ2n) is 7.30. The topological polar surface area (TPSA) is 71.0 Å². The Bertz CT molecular complexity index is 819. The van der Waals surface area contributed by atoms with Gasteiger partial charge in [0.05, 0.1) is 38.6 Å². The summed E-state index contributed by atoms with van der Waals surface area (Å²) in [4.78, 5) is 13.2. The van der Waals surface area contributed by atoms with E-state index in [1.54, 1.807) is 18.4 Å². The molecule has 0 aromatic carbocycles. The van der Waals surface area contributed by atoms with E-state index < -0.39 is 0 Å². The fourth-order valence-electron chi connectivity index (χ4n) is 3.70. The number of aliphatic imine (C=N–C) groups is 1. The molecule has 164 valence electrons. The monoisotopic (exact) mass is 431 g/mol. The van der Waals surface area contributed by atoms with Crippen LogP contribution in [0, 0.1) is 13.8 Å². The summed E-state index contributed by atoms with van der Waals surface area (Å²) in [5.41, 5.74) is 3.01. The smallest absolute Gasteiger partial charge is 0.191 e. The zero-order chi connectivity index (χ0) is 21.3. The number of ether oxygens (including phenoxy) is 2. The maximum Gasteiger partial charge on any atom is 0.191 e. The first-order chi connectivity index (χ1) is 14.6. The Hall–Kier alpha value is -2.16. The highest BCUT2D eigenvalue weighted by atomic mass is 32.1. The van der Waals surface area contributed by atoms with E-state index >= 15 is 0 Å². The van der Waals surface area contributed by atoms with E-state index in [2.05, 4.69) is 45.0 Å². The van der Waals surface area contributed by atoms with Crippen LogP contribution in [0.3, 0.4) is 0 Å². The van der Waals surface area contributed by atoms with Crippen LogP contribution in [0.5, 0.6) is 5.75 Å². The molecule has 1 aliphatic heterocycles. The molecule has 0 aliphatic carbocycles. The first-order valence-corrected chi connectivity index (χ1v) is 11.4. The number of hydrogen-bond donors (Lipinski definition) is 2. The molecule has 0 radical (unpaired) electrons. The van der Waals surface area contributed by atoms with E-state index in [0.717, 1.165) is 67.9 Å². The molecule has 0 spiro atoms. The summed E-state index contributed by atoms with van der Waals surface area (Å²) < 4.78 is 11.1. The van der Waals surface area contributed by atoms with Crippen LogP contribution in [0.2, 0.25) is 0 Å². The Morgan fingerprint density at radius 3 is 2.80 bits per heavy atom. The van der Waals surface area contributed by atoms with Gasteiger partial charge in [0.25, 0.3) is 0 Å². The summed E-state index contributed by atoms with van der Waals surface area (Å²) in [7, 11) is 1.70. The molecule has 1 fully saturated rings. The van der Waals surface area contributed by atoms with E-state index in [1.807, 2.05) is 20.0 Å². The highest BCUT2D eigenvalue weighted by Gasteiger charge is 2.23. The number of morpholine rings is 1. The minimum Gasteiger partial charge on any atom is -0.496 e. The number of hydrogen-bond acceptors (Lipinski definition) is 6. The zero-order valence-electron chi connectivity index (χ0n) is 18.4. The van der Waals surface area contributed by atoms with Crippen molar-refractivity contribution in [3.63, 3.8) is 0 Å². The molecule has 2 N–H and O–H groups in total. The second kappa shape index (κ2) is 11.3. The number of aromatic nitrogens is 1. The lowest BCUT2D eigenvalue weighted by Gasteiger charge is -2.34. The average Bonchev–Trinajstić information content (AvgIpc) is 3.29. The highest BCUT2D eigenvalue weighted by Crippen LogP contribution is 2.26. The van der Waals surface area contributed by atoms with Gasteiger partial charge in [0.15, 0.2) is 5.96 Å². The minimum absolute atomic E-state index is 0.303. The Morgan fingerprint density at radius 2 is 2.13 bits per heavy atom. The molecule has 30 heavy (non-hydrogen) atoms. The first-order valence-electron chi connectivity index (χ1n) is 10.5. The van der Waals surface area contributed by atoms with Crippen molar-refractivity contribution < 1.29 is 9.47 Å². The van der Waals surface area contributed by atoms with Crippen molar-refractivity contribution in [3.8, 4) is 5.75 Å². The highest BCUT2D eigenvalue weighted by molar-refractivity contribution is 7.10. The fraction of sp³-hybridized carbons (Fsp3) is 0.545. The van der Waals surface area contributed by atoms with Gasteiger partial charge in [-0.3, -0.25) is 9.88 Å². The van der Waals surface area contributed by atoms with Crippen molar-refractivity contribution in [2.45, 2.75) is 33.4 Å². The fourth-order valence-corrected chi connectivity index (χ4v) is 4.56. The van der Waals surface area contributed by atoms with Crippen molar-refractivity contribution in [1.82, 2.24) is 20.5 Å². The molecule has 1 saturated heterocycles. The minimum atomic E-state index is 0.303. The van der Waals surface area contributed by atoms with Crippen LogP contribution in [0.4, 0.5) is 0 Å². The van der Waals surface area contributed by atoms with Crippen molar-refractivity contribution in [1.29, 1.82) is 0 Å². The third-order valence-corrected chi connectivity index (χ3v) is 6.28. The van der Waals surface area contributed by atoms with Crippen LogP contribution in [0.1, 0.15) is 34.7 Å². The summed E-state index contributed by atoms with van der Waals surface area (Å²) in [5, 5.41) is 9.04. The van der Waals surface area contributed by atoms with Gasteiger partial charge in [0.2, 0.25) is 0 Å². The standard InChI is InChI=1S/C22H33N5O2S/c1-5-23-22(25-14-18-17(3)21(28-4)16(2)13-24-18)26-15-19(20-7-6-12-30-20)27-8-10-29-11-9-27/h6-7,12-13,19H,5,8-11,14-15H2,1-4H3,(H2,23,25,26). The largest absolute Gasteiger partial charge is 0.496 e. The van der Waals surface area contributed by atoms with Gasteiger partial charge < -0.3 is 20.1 Å². The number of aryl methyl sites for hydroxylation is 1. The lowest BCUT2D eigenvalue weighted by molar-refractivity contribution is 0.0177. The predicted molar refractivity (Wildman–Crippen MR) is 123 cm³/mol. The van der Waals surface area contributed by atoms with E-state index in [0.29, 0.717) is 12.6 Å². The normalized spacial score (nSPS) is 16.3. The van der Waals surface area contributed by atoms with Crippen LogP contribution in [-0.2, 0) is 11.3 Å². The number of guanidine groups is 1. The third-order valence-electron chi connectivity index (χ3n) is 5.30. The van der Waals surface area contributed by atoms with Crippen LogP contribution in [0.25, 0.3) is 0 Å². The van der Waals surface area contributed by atoms with Crippen LogP contribution >= 0.6 is 11.3 Å². The number of nitrogens with zero attached hydrogens (tertiary/aromatic N) is 3. The molecule has 7 nitrogen and oxygen atoms in total. The molecule has 2 aromatic heterocycles. The van der Waals surface area contributed by atoms with Crippen molar-refractivity contribution in [2.24, 2.45) is 4.99 Å². The molecule has 1 atom stereocenters. The summed E-state index contributed by atoms with van der Waals surface area (Å²) >= 11 is 1.80. The number of pyridine rings is 1. The summed E-state index contributed by atoms with van der Waals surface area (Å²) in [6.45, 7) is 11.7. The van der Waals surface area contributed by atoms with Gasteiger partial charge in [-0.05, 0) is 32.2 Å². The van der Waals surface area contributed by atoms with E-state index in [-0.39, 0.29) is 0 Å². The maximum absolute atomic E-state index is 5.55. The molecule has 3 rings (SSSR count). The zero-order valence-corrected chi connectivity index (χ0v) is 19.2. The van der Waals surface area contributed by atoms with E-state index in [4.69, 9.17) is 14.5 Å². The molecule has 3 heterocycles. The van der Waals surface area contributed by atoms with Gasteiger partial charge >= 0.3 is 0 Å². The SMILES string of the molecule is CCNC(=NCc1ncc(C)c(OC)c1C)NCC(c1cccs1)N1CCOCC1. The number of methoxy groups -OCH3 is 1. The van der Waals surface area contributed by atoms with Crippen LogP contribution < -0.4 is 15.4 Å². The van der Waals surface area contributed by atoms with Gasteiger partial charge in [-0.1, -0.05) is 6.07 Å². The Kier molecular flexibility index (Phi) is 8.48. The van der Waals surface area contributed by atoms with Gasteiger partial charge in [0, 0.05) is 48.4 Å². The van der Waals surface area contributed by atoms with Crippen molar-refractivity contribution in [3.05, 3.63) is 45.4 Å². The van der Waals surface area contributed by atoms with Gasteiger partial charge in [-0.25, -0.2) is 4.99 Å². The maximum atomic E-state index is 5.55. The van der Waals surface area contributed by atoms with Crippen molar-refractivity contribution in [2.75, 3.05) is 46.5 Å². The lowest BCUT2D eigenvalue weighted by Crippen LogP contribution is -2.46. The lowest BCUT2D eigenvalue weighted by atomic mass is 10.1. The van der Waals surface area contributed by atoms with Crippen LogP contribution in [0.15, 0.2) is 28.7 Å². The second-order valence-corrected chi connectivity index (χ2v) is 8.28. The van der Waals surface area contributed by atoms with Gasteiger partial charge in [-0.15, -0.1) is 11.3 Å². The quantitative estimate of drug-likeness (QED) is 0.495. The molecular weight excluding hydrogens is 398 g/mol. The molecule has 0 amide bonds. The Balaban J connectivity index is 1.71. The molecule has 0 bridgehead atoms. The first kappa shape index (κ1) is 22.5. The summed E-state index contributed by atoms with van der Waals surface area (Å²) in [5.74, 6) is 1.69. The number of thiophene rings is 1. The molecule has 0 saturated carbocycles. The summed E-state index contributed by atoms with van der Waals surface area (Å²) in [6.07, 6.45) is 1.85. The Morgan fingerprint density at radius 1 is 1.33 bits per heavy atom. The third kappa shape index (κ3) is 5.71. The number of rotatable bonds is 8. The molecule has 1 unspecified atom stereocenters. The van der Waals surface area contributed by atoms with Crippen molar-refractivity contribution >= 4 is 17.3 Å². The molecule has 1 aliphatic rings. The molecular formula is C22H33N5O2S. The van der Waals surface area contributed by atoms with E-state index in [9.17, 15) is 0 Å². The molecule has 8 heteroatoms. The number of nitrogens with one attached hydrogen (secondary N) is 2. The summed E-state index contributed by atoms with van der Waals surface area (Å²) in [6, 6.07) is 4.63. The predicted octanol–water partition coefficient (Wildman–Crippen LogP) is 2.90. The Labute approximate surface area is 183 Å². The van der Waals surface area contributed by atoms with Crippen LogP contribution in [-0.4, -0.2) is 62.3 Å². The van der Waals surface area contributed by atoms with Gasteiger partial charge in [0.1, 0.15) is 5.75 Å².